The fourth-order valence-electron chi connectivity index (χ4n) is 3.02. The molecule has 0 spiro atoms. The summed E-state index contributed by atoms with van der Waals surface area (Å²) < 4.78 is 1.83. The van der Waals surface area contributed by atoms with Gasteiger partial charge in [-0.05, 0) is 54.3 Å². The molecule has 0 saturated heterocycles. The molecule has 1 heterocycles. The van der Waals surface area contributed by atoms with E-state index in [1.54, 1.807) is 13.2 Å². The van der Waals surface area contributed by atoms with Crippen LogP contribution in [0.15, 0.2) is 72.0 Å². The van der Waals surface area contributed by atoms with Gasteiger partial charge in [-0.1, -0.05) is 31.2 Å². The number of aromatic nitrogens is 2. The first-order chi connectivity index (χ1) is 14.7. The maximum absolute atomic E-state index is 12.2. The zero-order valence-corrected chi connectivity index (χ0v) is 17.4. The fraction of sp³-hybridized carbons (Fsp3) is 0.261. The van der Waals surface area contributed by atoms with Crippen LogP contribution in [0.3, 0.4) is 0 Å². The standard InChI is InChI=1S/C23H28N6O/c1-3-18-6-4-7-20(16-18)28-22(30)17-26-23(24-2)25-14-12-19-8-10-21(11-9-19)29-15-5-13-27-29/h4-11,13,15-16H,3,12,14,17H2,1-2H3,(H,28,30)(H2,24,25,26). The summed E-state index contributed by atoms with van der Waals surface area (Å²) in [7, 11) is 1.69. The van der Waals surface area contributed by atoms with Crippen molar-refractivity contribution in [2.45, 2.75) is 19.8 Å². The Hall–Kier alpha value is -3.61. The van der Waals surface area contributed by atoms with Crippen molar-refractivity contribution in [3.63, 3.8) is 0 Å². The van der Waals surface area contributed by atoms with E-state index in [0.717, 1.165) is 24.2 Å². The number of aryl methyl sites for hydroxylation is 1. The summed E-state index contributed by atoms with van der Waals surface area (Å²) in [5.74, 6) is 0.487. The Morgan fingerprint density at radius 2 is 1.90 bits per heavy atom. The zero-order chi connectivity index (χ0) is 21.2. The molecule has 156 valence electrons. The number of nitrogens with one attached hydrogen (secondary N) is 3. The maximum Gasteiger partial charge on any atom is 0.243 e. The molecule has 3 aromatic rings. The van der Waals surface area contributed by atoms with Gasteiger partial charge in [-0.2, -0.15) is 5.10 Å². The Kier molecular flexibility index (Phi) is 7.60. The molecule has 0 aliphatic carbocycles. The van der Waals surface area contributed by atoms with Crippen LogP contribution in [0.25, 0.3) is 5.69 Å². The molecule has 3 rings (SSSR count). The van der Waals surface area contributed by atoms with Crippen LogP contribution < -0.4 is 16.0 Å². The van der Waals surface area contributed by atoms with Gasteiger partial charge in [0.1, 0.15) is 0 Å². The third kappa shape index (κ3) is 6.20. The highest BCUT2D eigenvalue weighted by molar-refractivity contribution is 5.95. The van der Waals surface area contributed by atoms with Gasteiger partial charge >= 0.3 is 0 Å². The van der Waals surface area contributed by atoms with Crippen LogP contribution >= 0.6 is 0 Å². The summed E-state index contributed by atoms with van der Waals surface area (Å²) in [5, 5.41) is 13.4. The lowest BCUT2D eigenvalue weighted by molar-refractivity contribution is -0.115. The Balaban J connectivity index is 1.40. The minimum Gasteiger partial charge on any atom is -0.356 e. The predicted octanol–water partition coefficient (Wildman–Crippen LogP) is 2.78. The molecule has 30 heavy (non-hydrogen) atoms. The van der Waals surface area contributed by atoms with Crippen molar-refractivity contribution in [1.29, 1.82) is 0 Å². The van der Waals surface area contributed by atoms with Crippen LogP contribution in [-0.4, -0.2) is 41.8 Å². The smallest absolute Gasteiger partial charge is 0.243 e. The van der Waals surface area contributed by atoms with E-state index in [4.69, 9.17) is 0 Å². The van der Waals surface area contributed by atoms with E-state index in [9.17, 15) is 4.79 Å². The van der Waals surface area contributed by atoms with Gasteiger partial charge in [0, 0.05) is 31.7 Å². The van der Waals surface area contributed by atoms with Crippen molar-refractivity contribution in [3.05, 3.63) is 78.1 Å². The molecule has 0 unspecified atom stereocenters. The molecule has 7 nitrogen and oxygen atoms in total. The van der Waals surface area contributed by atoms with Gasteiger partial charge in [-0.25, -0.2) is 4.68 Å². The predicted molar refractivity (Wildman–Crippen MR) is 121 cm³/mol. The highest BCUT2D eigenvalue weighted by atomic mass is 16.1. The topological polar surface area (TPSA) is 83.3 Å². The quantitative estimate of drug-likeness (QED) is 0.398. The molecule has 0 radical (unpaired) electrons. The van der Waals surface area contributed by atoms with E-state index >= 15 is 0 Å². The second-order valence-corrected chi connectivity index (χ2v) is 6.82. The van der Waals surface area contributed by atoms with Crippen molar-refractivity contribution in [3.8, 4) is 5.69 Å². The Morgan fingerprint density at radius 3 is 2.60 bits per heavy atom. The van der Waals surface area contributed by atoms with Crippen molar-refractivity contribution in [1.82, 2.24) is 20.4 Å². The Labute approximate surface area is 177 Å². The van der Waals surface area contributed by atoms with Crippen molar-refractivity contribution >= 4 is 17.6 Å². The van der Waals surface area contributed by atoms with Crippen molar-refractivity contribution in [2.24, 2.45) is 4.99 Å². The lowest BCUT2D eigenvalue weighted by Gasteiger charge is -2.12. The lowest BCUT2D eigenvalue weighted by Crippen LogP contribution is -2.42. The largest absolute Gasteiger partial charge is 0.356 e. The third-order valence-electron chi connectivity index (χ3n) is 4.67. The van der Waals surface area contributed by atoms with Gasteiger partial charge in [-0.3, -0.25) is 9.79 Å². The molecule has 3 N–H and O–H groups in total. The molecular formula is C23H28N6O. The summed E-state index contributed by atoms with van der Waals surface area (Å²) >= 11 is 0. The van der Waals surface area contributed by atoms with Crippen LogP contribution in [0, 0.1) is 0 Å². The van der Waals surface area contributed by atoms with Gasteiger partial charge in [0.25, 0.3) is 0 Å². The average molecular weight is 405 g/mol. The first-order valence-electron chi connectivity index (χ1n) is 10.1. The van der Waals surface area contributed by atoms with Gasteiger partial charge < -0.3 is 16.0 Å². The second kappa shape index (κ2) is 10.8. The van der Waals surface area contributed by atoms with Crippen molar-refractivity contribution < 1.29 is 4.79 Å². The van der Waals surface area contributed by atoms with Crippen LogP contribution in [0.4, 0.5) is 5.69 Å². The first kappa shape index (κ1) is 21.1. The number of hydrogen-bond acceptors (Lipinski definition) is 3. The number of carbonyl (C=O) groups excluding carboxylic acids is 1. The van der Waals surface area contributed by atoms with Gasteiger partial charge in [-0.15, -0.1) is 0 Å². The SMILES string of the molecule is CCc1cccc(NC(=O)CNC(=NC)NCCc2ccc(-n3cccn3)cc2)c1. The summed E-state index contributed by atoms with van der Waals surface area (Å²) in [4.78, 5) is 16.4. The molecule has 0 aliphatic heterocycles. The number of guanidine groups is 1. The monoisotopic (exact) mass is 404 g/mol. The number of anilines is 1. The Bertz CT molecular complexity index is 964. The molecule has 0 atom stereocenters. The molecule has 7 heteroatoms. The molecule has 0 saturated carbocycles. The lowest BCUT2D eigenvalue weighted by atomic mass is 10.1. The van der Waals surface area contributed by atoms with Gasteiger partial charge in [0.05, 0.1) is 12.2 Å². The number of rotatable bonds is 8. The van der Waals surface area contributed by atoms with E-state index < -0.39 is 0 Å². The van der Waals surface area contributed by atoms with Crippen LogP contribution in [0.2, 0.25) is 0 Å². The molecule has 1 amide bonds. The molecule has 0 bridgehead atoms. The van der Waals surface area contributed by atoms with Crippen LogP contribution in [-0.2, 0) is 17.6 Å². The fourth-order valence-corrected chi connectivity index (χ4v) is 3.02. The van der Waals surface area contributed by atoms with E-state index in [0.29, 0.717) is 12.5 Å². The number of hydrogen-bond donors (Lipinski definition) is 3. The molecule has 0 fully saturated rings. The zero-order valence-electron chi connectivity index (χ0n) is 17.4. The molecule has 1 aromatic heterocycles. The highest BCUT2D eigenvalue weighted by Gasteiger charge is 2.05. The molecule has 0 aliphatic rings. The summed E-state index contributed by atoms with van der Waals surface area (Å²) in [6.07, 6.45) is 5.46. The van der Waals surface area contributed by atoms with Gasteiger partial charge in [0.15, 0.2) is 5.96 Å². The number of benzene rings is 2. The average Bonchev–Trinajstić information content (AvgIpc) is 3.31. The minimum atomic E-state index is -0.111. The minimum absolute atomic E-state index is 0.111. The molecular weight excluding hydrogens is 376 g/mol. The van der Waals surface area contributed by atoms with E-state index in [2.05, 4.69) is 45.1 Å². The van der Waals surface area contributed by atoms with Crippen LogP contribution in [0.5, 0.6) is 0 Å². The summed E-state index contributed by atoms with van der Waals surface area (Å²) in [6, 6.07) is 18.1. The van der Waals surface area contributed by atoms with E-state index in [1.165, 1.54) is 11.1 Å². The normalized spacial score (nSPS) is 11.2. The van der Waals surface area contributed by atoms with Crippen molar-refractivity contribution in [2.75, 3.05) is 25.5 Å². The highest BCUT2D eigenvalue weighted by Crippen LogP contribution is 2.11. The van der Waals surface area contributed by atoms with Gasteiger partial charge in [0.2, 0.25) is 5.91 Å². The second-order valence-electron chi connectivity index (χ2n) is 6.82. The number of nitrogens with zero attached hydrogens (tertiary/aromatic N) is 3. The summed E-state index contributed by atoms with van der Waals surface area (Å²) in [6.45, 7) is 2.95. The maximum atomic E-state index is 12.2. The summed E-state index contributed by atoms with van der Waals surface area (Å²) in [5.41, 5.74) is 4.24. The van der Waals surface area contributed by atoms with E-state index in [1.807, 2.05) is 53.3 Å². The van der Waals surface area contributed by atoms with E-state index in [-0.39, 0.29) is 12.5 Å². The number of aliphatic imine (C=N–C) groups is 1. The molecule has 2 aromatic carbocycles. The Morgan fingerprint density at radius 1 is 1.07 bits per heavy atom. The number of carbonyl (C=O) groups is 1. The van der Waals surface area contributed by atoms with Crippen LogP contribution in [0.1, 0.15) is 18.1 Å². The number of amides is 1. The third-order valence-corrected chi connectivity index (χ3v) is 4.67. The first-order valence-corrected chi connectivity index (χ1v) is 10.1.